The monoisotopic (exact) mass is 276 g/mol. The highest BCUT2D eigenvalue weighted by Crippen LogP contribution is 2.37. The van der Waals surface area contributed by atoms with Gasteiger partial charge in [-0.2, -0.15) is 0 Å². The molecule has 2 atom stereocenters. The summed E-state index contributed by atoms with van der Waals surface area (Å²) in [5, 5.41) is 0. The number of rotatable bonds is 5. The molecule has 0 unspecified atom stereocenters. The third kappa shape index (κ3) is 3.58. The Labute approximate surface area is 123 Å². The minimum Gasteiger partial charge on any atom is -0.381 e. The van der Waals surface area contributed by atoms with Crippen LogP contribution in [-0.2, 0) is 11.3 Å². The molecule has 1 aromatic rings. The van der Waals surface area contributed by atoms with Gasteiger partial charge in [-0.05, 0) is 56.8 Å². The van der Waals surface area contributed by atoms with Gasteiger partial charge in [0.05, 0.1) is 11.8 Å². The van der Waals surface area contributed by atoms with Gasteiger partial charge in [0, 0.05) is 19.3 Å². The van der Waals surface area contributed by atoms with Gasteiger partial charge in [0.2, 0.25) is 0 Å². The molecule has 1 heterocycles. The van der Waals surface area contributed by atoms with Gasteiger partial charge in [-0.3, -0.25) is 4.98 Å². The Bertz CT molecular complexity index is 443. The lowest BCUT2D eigenvalue weighted by Gasteiger charge is -2.19. The Kier molecular flexibility index (Phi) is 5.17. The molecule has 3 heteroatoms. The Morgan fingerprint density at radius 2 is 2.05 bits per heavy atom. The predicted octanol–water partition coefficient (Wildman–Crippen LogP) is 3.55. The Balaban J connectivity index is 2.27. The van der Waals surface area contributed by atoms with Gasteiger partial charge in [0.1, 0.15) is 0 Å². The minimum absolute atomic E-state index is 0.428. The van der Waals surface area contributed by atoms with E-state index in [9.17, 15) is 0 Å². The van der Waals surface area contributed by atoms with Gasteiger partial charge in [0.25, 0.3) is 0 Å². The van der Waals surface area contributed by atoms with E-state index in [-0.39, 0.29) is 0 Å². The number of ether oxygens (including phenoxy) is 1. The van der Waals surface area contributed by atoms with Crippen LogP contribution in [-0.4, -0.2) is 37.2 Å². The van der Waals surface area contributed by atoms with Crippen LogP contribution in [0.1, 0.15) is 61.9 Å². The van der Waals surface area contributed by atoms with Crippen LogP contribution in [0.5, 0.6) is 0 Å². The van der Waals surface area contributed by atoms with Gasteiger partial charge < -0.3 is 9.64 Å². The van der Waals surface area contributed by atoms with Crippen molar-refractivity contribution in [1.29, 1.82) is 0 Å². The molecule has 1 saturated carbocycles. The normalized spacial score (nSPS) is 22.9. The molecule has 0 aromatic carbocycles. The summed E-state index contributed by atoms with van der Waals surface area (Å²) in [6, 6.07) is 4.52. The second kappa shape index (κ2) is 6.68. The molecular weight excluding hydrogens is 248 g/mol. The first-order chi connectivity index (χ1) is 9.51. The SMILES string of the molecule is CO[C@@H]1CC[C@@H](c2ccc(C(C)C)nc2CN(C)C)C1. The second-order valence-corrected chi connectivity index (χ2v) is 6.53. The molecule has 2 rings (SSSR count). The summed E-state index contributed by atoms with van der Waals surface area (Å²) in [7, 11) is 6.05. The van der Waals surface area contributed by atoms with Crippen molar-refractivity contribution in [2.24, 2.45) is 0 Å². The van der Waals surface area contributed by atoms with Gasteiger partial charge in [0.15, 0.2) is 0 Å². The largest absolute Gasteiger partial charge is 0.381 e. The average Bonchev–Trinajstić information content (AvgIpc) is 2.86. The molecule has 0 amide bonds. The summed E-state index contributed by atoms with van der Waals surface area (Å²) in [6.07, 6.45) is 3.97. The molecule has 1 fully saturated rings. The van der Waals surface area contributed by atoms with Gasteiger partial charge in [-0.1, -0.05) is 19.9 Å². The molecule has 0 saturated heterocycles. The maximum Gasteiger partial charge on any atom is 0.0581 e. The van der Waals surface area contributed by atoms with Crippen molar-refractivity contribution < 1.29 is 4.74 Å². The molecule has 1 aliphatic carbocycles. The molecule has 0 bridgehead atoms. The van der Waals surface area contributed by atoms with Crippen LogP contribution < -0.4 is 0 Å². The summed E-state index contributed by atoms with van der Waals surface area (Å²) >= 11 is 0. The lowest BCUT2D eigenvalue weighted by molar-refractivity contribution is 0.108. The van der Waals surface area contributed by atoms with Gasteiger partial charge in [-0.25, -0.2) is 0 Å². The van der Waals surface area contributed by atoms with Crippen molar-refractivity contribution in [3.8, 4) is 0 Å². The topological polar surface area (TPSA) is 25.4 Å². The standard InChI is InChI=1S/C17H28N2O/c1-12(2)16-9-8-15(17(18-16)11-19(3)4)13-6-7-14(10-13)20-5/h8-9,12-14H,6-7,10-11H2,1-5H3/t13-,14-/m1/s1. The van der Waals surface area contributed by atoms with Crippen molar-refractivity contribution in [3.63, 3.8) is 0 Å². The molecule has 0 spiro atoms. The summed E-state index contributed by atoms with van der Waals surface area (Å²) in [6.45, 7) is 5.33. The molecule has 0 aliphatic heterocycles. The van der Waals surface area contributed by atoms with E-state index in [1.807, 2.05) is 7.11 Å². The van der Waals surface area contributed by atoms with E-state index in [1.54, 1.807) is 0 Å². The van der Waals surface area contributed by atoms with Crippen LogP contribution >= 0.6 is 0 Å². The first-order valence-electron chi connectivity index (χ1n) is 7.68. The van der Waals surface area contributed by atoms with E-state index in [4.69, 9.17) is 9.72 Å². The van der Waals surface area contributed by atoms with E-state index in [0.29, 0.717) is 17.9 Å². The fourth-order valence-corrected chi connectivity index (χ4v) is 3.09. The van der Waals surface area contributed by atoms with Crippen LogP contribution in [0, 0.1) is 0 Å². The van der Waals surface area contributed by atoms with E-state index in [2.05, 4.69) is 45.0 Å². The lowest BCUT2D eigenvalue weighted by Crippen LogP contribution is -2.16. The number of hydrogen-bond acceptors (Lipinski definition) is 3. The molecule has 1 aromatic heterocycles. The quantitative estimate of drug-likeness (QED) is 0.822. The molecule has 3 nitrogen and oxygen atoms in total. The van der Waals surface area contributed by atoms with Crippen molar-refractivity contribution >= 4 is 0 Å². The summed E-state index contributed by atoms with van der Waals surface area (Å²) in [5.74, 6) is 1.10. The number of pyridine rings is 1. The lowest BCUT2D eigenvalue weighted by atomic mass is 9.94. The number of methoxy groups -OCH3 is 1. The second-order valence-electron chi connectivity index (χ2n) is 6.53. The summed E-state index contributed by atoms with van der Waals surface area (Å²) in [5.41, 5.74) is 3.89. The van der Waals surface area contributed by atoms with E-state index in [1.165, 1.54) is 29.8 Å². The fourth-order valence-electron chi connectivity index (χ4n) is 3.09. The van der Waals surface area contributed by atoms with Crippen LogP contribution in [0.25, 0.3) is 0 Å². The van der Waals surface area contributed by atoms with Crippen molar-refractivity contribution in [1.82, 2.24) is 9.88 Å². The zero-order valence-corrected chi connectivity index (χ0v) is 13.5. The van der Waals surface area contributed by atoms with Gasteiger partial charge >= 0.3 is 0 Å². The smallest absolute Gasteiger partial charge is 0.0581 e. The maximum absolute atomic E-state index is 5.51. The van der Waals surface area contributed by atoms with Crippen molar-refractivity contribution in [2.75, 3.05) is 21.2 Å². The fraction of sp³-hybridized carbons (Fsp3) is 0.706. The van der Waals surface area contributed by atoms with E-state index in [0.717, 1.165) is 13.0 Å². The molecule has 0 N–H and O–H groups in total. The van der Waals surface area contributed by atoms with Crippen LogP contribution in [0.2, 0.25) is 0 Å². The number of hydrogen-bond donors (Lipinski definition) is 0. The van der Waals surface area contributed by atoms with Crippen LogP contribution in [0.15, 0.2) is 12.1 Å². The average molecular weight is 276 g/mol. The zero-order valence-electron chi connectivity index (χ0n) is 13.5. The highest BCUT2D eigenvalue weighted by atomic mass is 16.5. The molecule has 20 heavy (non-hydrogen) atoms. The Hall–Kier alpha value is -0.930. The number of aromatic nitrogens is 1. The summed E-state index contributed by atoms with van der Waals surface area (Å²) in [4.78, 5) is 7.13. The zero-order chi connectivity index (χ0) is 14.7. The minimum atomic E-state index is 0.428. The maximum atomic E-state index is 5.51. The summed E-state index contributed by atoms with van der Waals surface area (Å²) < 4.78 is 5.51. The number of nitrogens with zero attached hydrogens (tertiary/aromatic N) is 2. The van der Waals surface area contributed by atoms with Gasteiger partial charge in [-0.15, -0.1) is 0 Å². The molecule has 1 aliphatic rings. The Morgan fingerprint density at radius 1 is 1.30 bits per heavy atom. The third-order valence-corrected chi connectivity index (χ3v) is 4.25. The van der Waals surface area contributed by atoms with Crippen LogP contribution in [0.3, 0.4) is 0 Å². The Morgan fingerprint density at radius 3 is 2.60 bits per heavy atom. The first-order valence-corrected chi connectivity index (χ1v) is 7.68. The highest BCUT2D eigenvalue weighted by Gasteiger charge is 2.28. The molecule has 112 valence electrons. The highest BCUT2D eigenvalue weighted by molar-refractivity contribution is 5.29. The van der Waals surface area contributed by atoms with Crippen molar-refractivity contribution in [3.05, 3.63) is 29.1 Å². The third-order valence-electron chi connectivity index (χ3n) is 4.25. The van der Waals surface area contributed by atoms with E-state index >= 15 is 0 Å². The van der Waals surface area contributed by atoms with E-state index < -0.39 is 0 Å². The molecular formula is C17H28N2O. The van der Waals surface area contributed by atoms with Crippen molar-refractivity contribution in [2.45, 2.75) is 57.6 Å². The first kappa shape index (κ1) is 15.5. The van der Waals surface area contributed by atoms with Crippen LogP contribution in [0.4, 0.5) is 0 Å². The predicted molar refractivity (Wildman–Crippen MR) is 83.1 cm³/mol. The molecule has 0 radical (unpaired) electrons.